The molecule has 0 atom stereocenters. The summed E-state index contributed by atoms with van der Waals surface area (Å²) in [6.07, 6.45) is 0.862. The Kier molecular flexibility index (Phi) is 4.06. The summed E-state index contributed by atoms with van der Waals surface area (Å²) >= 11 is 5.20. The highest BCUT2D eigenvalue weighted by Gasteiger charge is 2.14. The second kappa shape index (κ2) is 6.15. The molecular formula is C17H18N4S. The van der Waals surface area contributed by atoms with Crippen LogP contribution in [0.3, 0.4) is 0 Å². The van der Waals surface area contributed by atoms with Crippen LogP contribution in [-0.2, 0) is 6.42 Å². The van der Waals surface area contributed by atoms with Gasteiger partial charge < -0.3 is 10.7 Å². The molecule has 0 saturated heterocycles. The fourth-order valence-electron chi connectivity index (χ4n) is 2.51. The van der Waals surface area contributed by atoms with Gasteiger partial charge in [-0.05, 0) is 48.8 Å². The highest BCUT2D eigenvalue weighted by molar-refractivity contribution is 7.80. The summed E-state index contributed by atoms with van der Waals surface area (Å²) in [4.78, 5) is 9.70. The van der Waals surface area contributed by atoms with Gasteiger partial charge in [-0.3, -0.25) is 4.90 Å². The van der Waals surface area contributed by atoms with Crippen molar-refractivity contribution >= 4 is 34.3 Å². The van der Waals surface area contributed by atoms with Crippen molar-refractivity contribution in [2.45, 2.75) is 13.3 Å². The lowest BCUT2D eigenvalue weighted by Gasteiger charge is -2.20. The number of aromatic nitrogens is 2. The normalized spacial score (nSPS) is 10.8. The Bertz CT molecular complexity index is 776. The number of anilines is 1. The molecule has 22 heavy (non-hydrogen) atoms. The van der Waals surface area contributed by atoms with Crippen LogP contribution < -0.4 is 10.6 Å². The largest absolute Gasteiger partial charge is 0.376 e. The maximum Gasteiger partial charge on any atom is 0.210 e. The molecule has 0 amide bonds. The van der Waals surface area contributed by atoms with Crippen molar-refractivity contribution < 1.29 is 0 Å². The van der Waals surface area contributed by atoms with Crippen molar-refractivity contribution in [1.29, 1.82) is 0 Å². The number of imidazole rings is 1. The van der Waals surface area contributed by atoms with E-state index >= 15 is 0 Å². The van der Waals surface area contributed by atoms with E-state index in [1.165, 1.54) is 11.1 Å². The zero-order chi connectivity index (χ0) is 15.5. The number of para-hydroxylation sites is 2. The highest BCUT2D eigenvalue weighted by Crippen LogP contribution is 2.18. The molecule has 0 aliphatic carbocycles. The molecule has 3 N–H and O–H groups in total. The molecule has 5 heteroatoms. The molecule has 0 saturated carbocycles. The van der Waals surface area contributed by atoms with E-state index in [4.69, 9.17) is 18.0 Å². The minimum absolute atomic E-state index is 0.327. The van der Waals surface area contributed by atoms with E-state index < -0.39 is 0 Å². The number of fused-ring (bicyclic) bond motifs is 1. The van der Waals surface area contributed by atoms with Crippen LogP contribution in [0.4, 0.5) is 5.95 Å². The number of nitrogens with one attached hydrogen (secondary N) is 1. The first-order valence-corrected chi connectivity index (χ1v) is 7.62. The van der Waals surface area contributed by atoms with Gasteiger partial charge in [-0.15, -0.1) is 0 Å². The molecule has 0 radical (unpaired) electrons. The number of benzene rings is 2. The first kappa shape index (κ1) is 14.5. The van der Waals surface area contributed by atoms with Crippen molar-refractivity contribution in [3.63, 3.8) is 0 Å². The first-order valence-electron chi connectivity index (χ1n) is 7.21. The van der Waals surface area contributed by atoms with Gasteiger partial charge in [0.2, 0.25) is 5.95 Å². The summed E-state index contributed by atoms with van der Waals surface area (Å²) in [6.45, 7) is 2.81. The lowest BCUT2D eigenvalue weighted by molar-refractivity contribution is 0.903. The molecule has 0 aliphatic rings. The fraction of sp³-hybridized carbons (Fsp3) is 0.176. The van der Waals surface area contributed by atoms with Gasteiger partial charge in [0.1, 0.15) is 0 Å². The van der Waals surface area contributed by atoms with Gasteiger partial charge >= 0.3 is 0 Å². The van der Waals surface area contributed by atoms with Crippen molar-refractivity contribution in [2.24, 2.45) is 5.73 Å². The Hall–Kier alpha value is -2.40. The second-order valence-electron chi connectivity index (χ2n) is 5.24. The van der Waals surface area contributed by atoms with Crippen molar-refractivity contribution in [3.8, 4) is 0 Å². The van der Waals surface area contributed by atoms with E-state index in [0.717, 1.165) is 17.5 Å². The van der Waals surface area contributed by atoms with Gasteiger partial charge in [0.25, 0.3) is 0 Å². The van der Waals surface area contributed by atoms with Gasteiger partial charge in [-0.2, -0.15) is 0 Å². The van der Waals surface area contributed by atoms with Crippen molar-refractivity contribution in [3.05, 3.63) is 59.7 Å². The molecule has 0 fully saturated rings. The summed E-state index contributed by atoms with van der Waals surface area (Å²) in [5, 5.41) is 0.327. The van der Waals surface area contributed by atoms with Gasteiger partial charge in [0.15, 0.2) is 5.11 Å². The number of rotatable bonds is 4. The quantitative estimate of drug-likeness (QED) is 0.727. The van der Waals surface area contributed by atoms with E-state index in [-0.39, 0.29) is 0 Å². The van der Waals surface area contributed by atoms with Crippen LogP contribution in [0.1, 0.15) is 11.1 Å². The minimum Gasteiger partial charge on any atom is -0.376 e. The molecule has 2 aromatic carbocycles. The van der Waals surface area contributed by atoms with Crippen LogP contribution in [0.5, 0.6) is 0 Å². The lowest BCUT2D eigenvalue weighted by atomic mass is 10.1. The van der Waals surface area contributed by atoms with Crippen LogP contribution >= 0.6 is 12.2 Å². The second-order valence-corrected chi connectivity index (χ2v) is 5.66. The molecular weight excluding hydrogens is 292 g/mol. The van der Waals surface area contributed by atoms with E-state index in [0.29, 0.717) is 17.6 Å². The fourth-order valence-corrected chi connectivity index (χ4v) is 2.69. The Balaban J connectivity index is 1.84. The molecule has 112 valence electrons. The van der Waals surface area contributed by atoms with Crippen LogP contribution in [0.15, 0.2) is 48.5 Å². The van der Waals surface area contributed by atoms with Gasteiger partial charge in [0.05, 0.1) is 11.0 Å². The number of nitrogens with two attached hydrogens (primary N) is 1. The van der Waals surface area contributed by atoms with Crippen LogP contribution in [0, 0.1) is 6.92 Å². The third kappa shape index (κ3) is 2.94. The summed E-state index contributed by atoms with van der Waals surface area (Å²) < 4.78 is 0. The summed E-state index contributed by atoms with van der Waals surface area (Å²) in [6, 6.07) is 16.2. The molecule has 0 spiro atoms. The van der Waals surface area contributed by atoms with E-state index in [1.54, 1.807) is 0 Å². The maximum absolute atomic E-state index is 5.89. The third-order valence-electron chi connectivity index (χ3n) is 3.76. The van der Waals surface area contributed by atoms with Gasteiger partial charge in [0, 0.05) is 6.54 Å². The van der Waals surface area contributed by atoms with Gasteiger partial charge in [-0.25, -0.2) is 4.98 Å². The first-order chi connectivity index (χ1) is 10.6. The van der Waals surface area contributed by atoms with E-state index in [2.05, 4.69) is 35.1 Å². The average Bonchev–Trinajstić information content (AvgIpc) is 2.92. The molecule has 4 nitrogen and oxygen atoms in total. The molecule has 3 aromatic rings. The SMILES string of the molecule is Cc1ccccc1CCN(C(N)=S)c1nc2ccccc2[nH]1. The summed E-state index contributed by atoms with van der Waals surface area (Å²) in [5.74, 6) is 0.697. The monoisotopic (exact) mass is 310 g/mol. The molecule has 0 aliphatic heterocycles. The molecule has 1 heterocycles. The molecule has 0 bridgehead atoms. The zero-order valence-electron chi connectivity index (χ0n) is 12.4. The standard InChI is InChI=1S/C17H18N4S/c1-12-6-2-3-7-13(12)10-11-21(16(18)22)17-19-14-8-4-5-9-15(14)20-17/h2-9H,10-11H2,1H3,(H2,18,22)(H,19,20). The molecule has 0 unspecified atom stereocenters. The topological polar surface area (TPSA) is 57.9 Å². The number of nitrogens with zero attached hydrogens (tertiary/aromatic N) is 2. The zero-order valence-corrected chi connectivity index (χ0v) is 13.2. The van der Waals surface area contributed by atoms with E-state index in [1.807, 2.05) is 35.2 Å². The number of aryl methyl sites for hydroxylation is 1. The average molecular weight is 310 g/mol. The van der Waals surface area contributed by atoms with Crippen molar-refractivity contribution in [1.82, 2.24) is 9.97 Å². The van der Waals surface area contributed by atoms with Crippen LogP contribution in [0.2, 0.25) is 0 Å². The maximum atomic E-state index is 5.89. The van der Waals surface area contributed by atoms with E-state index in [9.17, 15) is 0 Å². The number of H-pyrrole nitrogens is 1. The Morgan fingerprint density at radius 3 is 2.64 bits per heavy atom. The molecule has 1 aromatic heterocycles. The number of hydrogen-bond acceptors (Lipinski definition) is 2. The number of hydrogen-bond donors (Lipinski definition) is 2. The van der Waals surface area contributed by atoms with Crippen molar-refractivity contribution in [2.75, 3.05) is 11.4 Å². The van der Waals surface area contributed by atoms with Crippen LogP contribution in [0.25, 0.3) is 11.0 Å². The smallest absolute Gasteiger partial charge is 0.210 e. The predicted molar refractivity (Wildman–Crippen MR) is 95.1 cm³/mol. The lowest BCUT2D eigenvalue weighted by Crippen LogP contribution is -2.37. The number of thiocarbonyl (C=S) groups is 1. The minimum atomic E-state index is 0.327. The third-order valence-corrected chi connectivity index (χ3v) is 3.98. The van der Waals surface area contributed by atoms with Crippen LogP contribution in [-0.4, -0.2) is 21.6 Å². The Labute approximate surface area is 135 Å². The number of aromatic amines is 1. The summed E-state index contributed by atoms with van der Waals surface area (Å²) in [7, 11) is 0. The van der Waals surface area contributed by atoms with Gasteiger partial charge in [-0.1, -0.05) is 36.4 Å². The summed E-state index contributed by atoms with van der Waals surface area (Å²) in [5.41, 5.74) is 10.3. The Morgan fingerprint density at radius 1 is 1.18 bits per heavy atom. The predicted octanol–water partition coefficient (Wildman–Crippen LogP) is 3.16. The molecule has 3 rings (SSSR count). The Morgan fingerprint density at radius 2 is 1.91 bits per heavy atom. The highest BCUT2D eigenvalue weighted by atomic mass is 32.1.